The van der Waals surface area contributed by atoms with E-state index in [0.29, 0.717) is 0 Å². The summed E-state index contributed by atoms with van der Waals surface area (Å²) in [6, 6.07) is 0. The van der Waals surface area contributed by atoms with Crippen LogP contribution in [0.4, 0.5) is 0 Å². The molecule has 2 N–H and O–H groups in total. The summed E-state index contributed by atoms with van der Waals surface area (Å²) >= 11 is 0. The molecule has 0 aliphatic rings. The maximum atomic E-state index is 8.66. The topological polar surface area (TPSA) is 167 Å². The number of phosphoric acid groups is 2. The minimum atomic E-state index is -5.14. The van der Waals surface area contributed by atoms with Gasteiger partial charge < -0.3 is 38.5 Å². The molecule has 0 atom stereocenters. The molecule has 0 spiro atoms. The van der Waals surface area contributed by atoms with Crippen LogP contribution < -0.4 is 19.6 Å². The van der Waals surface area contributed by atoms with Crippen LogP contribution in [0.2, 0.25) is 0 Å². The van der Waals surface area contributed by atoms with Crippen molar-refractivity contribution in [2.75, 3.05) is 0 Å². The Morgan fingerprint density at radius 3 is 0.750 bits per heavy atom. The summed E-state index contributed by atoms with van der Waals surface area (Å²) in [5, 5.41) is 0. The normalized spacial score (nSPS) is 9.83. The quantitative estimate of drug-likeness (QED) is 0.333. The van der Waals surface area contributed by atoms with E-state index in [2.05, 4.69) is 0 Å². The second kappa shape index (κ2) is 9.04. The first-order chi connectivity index (χ1) is 4.00. The van der Waals surface area contributed by atoms with Gasteiger partial charge in [0.05, 0.1) is 15.6 Å². The van der Waals surface area contributed by atoms with Gasteiger partial charge in [0.25, 0.3) is 0 Å². The molecule has 0 aliphatic carbocycles. The fourth-order valence-electron chi connectivity index (χ4n) is 0. The van der Waals surface area contributed by atoms with E-state index < -0.39 is 15.6 Å². The standard InChI is InChI=1S/2H3O4P.2Zn/c2*1-5(2,3)4;;/h2*(H3,1,2,3,4);;/q;;2*+2/p-4. The molecule has 12 heavy (non-hydrogen) atoms. The average molecular weight is 323 g/mol. The van der Waals surface area contributed by atoms with Crippen molar-refractivity contribution in [3.8, 4) is 0 Å². The first kappa shape index (κ1) is 23.4. The van der Waals surface area contributed by atoms with Gasteiger partial charge in [-0.05, 0) is 0 Å². The molecule has 8 nitrogen and oxygen atoms in total. The summed E-state index contributed by atoms with van der Waals surface area (Å²) in [5.41, 5.74) is 0. The molecule has 64 valence electrons. The van der Waals surface area contributed by atoms with E-state index in [0.717, 1.165) is 0 Å². The molecule has 0 bridgehead atoms. The summed E-state index contributed by atoms with van der Waals surface area (Å²) in [6.07, 6.45) is 0. The maximum absolute atomic E-state index is 8.66. The van der Waals surface area contributed by atoms with Gasteiger partial charge in [0.1, 0.15) is 0 Å². The number of hydrogen-bond donors (Lipinski definition) is 2. The van der Waals surface area contributed by atoms with Crippen molar-refractivity contribution in [1.29, 1.82) is 0 Å². The van der Waals surface area contributed by atoms with Gasteiger partial charge in [-0.2, -0.15) is 0 Å². The molecule has 0 aliphatic heterocycles. The summed E-state index contributed by atoms with van der Waals surface area (Å²) in [4.78, 5) is 48.6. The third kappa shape index (κ3) is 584. The van der Waals surface area contributed by atoms with E-state index in [1.54, 1.807) is 0 Å². The van der Waals surface area contributed by atoms with Gasteiger partial charge >= 0.3 is 39.0 Å². The summed E-state index contributed by atoms with van der Waals surface area (Å²) in [6.45, 7) is 0. The maximum Gasteiger partial charge on any atom is 2.00 e. The zero-order valence-corrected chi connectivity index (χ0v) is 13.4. The van der Waals surface area contributed by atoms with E-state index in [4.69, 9.17) is 38.5 Å². The molecule has 0 radical (unpaired) electrons. The molecule has 0 saturated carbocycles. The van der Waals surface area contributed by atoms with Crippen LogP contribution >= 0.6 is 15.6 Å². The second-order valence-electron chi connectivity index (χ2n) is 0.937. The molecular weight excluding hydrogens is 321 g/mol. The van der Waals surface area contributed by atoms with E-state index in [-0.39, 0.29) is 39.0 Å². The Morgan fingerprint density at radius 1 is 0.750 bits per heavy atom. The van der Waals surface area contributed by atoms with Crippen molar-refractivity contribution in [3.05, 3.63) is 0 Å². The van der Waals surface area contributed by atoms with Crippen molar-refractivity contribution < 1.29 is 77.4 Å². The zero-order valence-electron chi connectivity index (χ0n) is 5.65. The van der Waals surface area contributed by atoms with E-state index in [1.807, 2.05) is 0 Å². The van der Waals surface area contributed by atoms with Gasteiger partial charge in [-0.3, -0.25) is 0 Å². The zero-order chi connectivity index (χ0) is 9.00. The molecule has 12 heteroatoms. The Labute approximate surface area is 93.0 Å². The SMILES string of the molecule is O=P([O-])([O-])O.O=P([O-])([O-])O.[Zn+2].[Zn+2]. The van der Waals surface area contributed by atoms with E-state index in [1.165, 1.54) is 0 Å². The van der Waals surface area contributed by atoms with Crippen molar-refractivity contribution in [1.82, 2.24) is 0 Å². The largest absolute Gasteiger partial charge is 2.00 e. The summed E-state index contributed by atoms with van der Waals surface area (Å²) in [5.74, 6) is 0. The number of hydrogen-bond acceptors (Lipinski definition) is 6. The molecule has 0 rings (SSSR count). The van der Waals surface area contributed by atoms with Crippen LogP contribution in [0.25, 0.3) is 0 Å². The molecule has 0 heterocycles. The van der Waals surface area contributed by atoms with Gasteiger partial charge in [0.15, 0.2) is 0 Å². The predicted molar refractivity (Wildman–Crippen MR) is 19.7 cm³/mol. The molecule has 0 unspecified atom stereocenters. The van der Waals surface area contributed by atoms with Crippen LogP contribution in [0, 0.1) is 0 Å². The van der Waals surface area contributed by atoms with Crippen molar-refractivity contribution in [2.24, 2.45) is 0 Å². The third-order valence-electron chi connectivity index (χ3n) is 0. The molecular formula is H2O8P2Zn2. The van der Waals surface area contributed by atoms with Gasteiger partial charge in [0, 0.05) is 0 Å². The van der Waals surface area contributed by atoms with Crippen molar-refractivity contribution in [3.63, 3.8) is 0 Å². The van der Waals surface area contributed by atoms with Crippen LogP contribution in [0.3, 0.4) is 0 Å². The third-order valence-corrected chi connectivity index (χ3v) is 0. The molecule has 0 aromatic rings. The van der Waals surface area contributed by atoms with Gasteiger partial charge in [0.2, 0.25) is 0 Å². The fraction of sp³-hybridized carbons (Fsp3) is 0. The minimum absolute atomic E-state index is 0. The van der Waals surface area contributed by atoms with Gasteiger partial charge in [-0.25, -0.2) is 0 Å². The number of rotatable bonds is 0. The predicted octanol–water partition coefficient (Wildman–Crippen LogP) is -4.39. The molecule has 0 aromatic carbocycles. The fourth-order valence-corrected chi connectivity index (χ4v) is 0. The molecule has 0 amide bonds. The van der Waals surface area contributed by atoms with Crippen molar-refractivity contribution in [2.45, 2.75) is 0 Å². The Balaban J connectivity index is -0.0000000457. The molecule has 0 saturated heterocycles. The van der Waals surface area contributed by atoms with Crippen molar-refractivity contribution >= 4 is 15.6 Å². The smallest absolute Gasteiger partial charge is 0.790 e. The Morgan fingerprint density at radius 2 is 0.750 bits per heavy atom. The van der Waals surface area contributed by atoms with Crippen LogP contribution in [0.1, 0.15) is 0 Å². The Hall–Kier alpha value is 1.47. The Bertz CT molecular complexity index is 127. The van der Waals surface area contributed by atoms with Crippen LogP contribution in [0.15, 0.2) is 0 Å². The van der Waals surface area contributed by atoms with Gasteiger partial charge in [-0.1, -0.05) is 0 Å². The minimum Gasteiger partial charge on any atom is -0.790 e. The second-order valence-corrected chi connectivity index (χ2v) is 2.81. The molecule has 0 fully saturated rings. The van der Waals surface area contributed by atoms with E-state index in [9.17, 15) is 0 Å². The van der Waals surface area contributed by atoms with Crippen LogP contribution in [-0.2, 0) is 48.1 Å². The molecule has 0 aromatic heterocycles. The summed E-state index contributed by atoms with van der Waals surface area (Å²) < 4.78 is 17.3. The summed E-state index contributed by atoms with van der Waals surface area (Å²) in [7, 11) is -10.3. The van der Waals surface area contributed by atoms with E-state index >= 15 is 0 Å². The van der Waals surface area contributed by atoms with Crippen LogP contribution in [0.5, 0.6) is 0 Å². The average Bonchev–Trinajstić information content (AvgIpc) is 1.12. The monoisotopic (exact) mass is 320 g/mol. The first-order valence-corrected chi connectivity index (χ1v) is 4.49. The van der Waals surface area contributed by atoms with Crippen LogP contribution in [-0.4, -0.2) is 9.79 Å². The Kier molecular flexibility index (Phi) is 17.6. The first-order valence-electron chi connectivity index (χ1n) is 1.50. The van der Waals surface area contributed by atoms with Gasteiger partial charge in [-0.15, -0.1) is 0 Å².